The third-order valence-electron chi connectivity index (χ3n) is 4.07. The van der Waals surface area contributed by atoms with Crippen LogP contribution in [-0.4, -0.2) is 12.8 Å². The molecule has 3 aromatic rings. The average molecular weight is 332 g/mol. The Morgan fingerprint density at radius 1 is 0.917 bits per heavy atom. The van der Waals surface area contributed by atoms with E-state index in [1.165, 1.54) is 4.90 Å². The topological polar surface area (TPSA) is 41.1 Å². The van der Waals surface area contributed by atoms with Crippen molar-refractivity contribution in [3.05, 3.63) is 77.9 Å². The molecule has 24 heavy (non-hydrogen) atoms. The van der Waals surface area contributed by atoms with E-state index in [0.29, 0.717) is 11.1 Å². The number of ketones is 1. The molecule has 0 aromatic heterocycles. The minimum absolute atomic E-state index is 0.0179. The second-order valence-corrected chi connectivity index (χ2v) is 6.61. The number of anilines is 3. The van der Waals surface area contributed by atoms with Gasteiger partial charge in [0.15, 0.2) is 5.78 Å². The standard InChI is InChI=1S/C20H16N2OS/c1-21-15-11-12-17-19(22-14-9-5-6-10-16(14)24-17)18(15)20(23)13-7-3-2-4-8-13/h2-12,21-22H,1H3. The van der Waals surface area contributed by atoms with Gasteiger partial charge in [0.25, 0.3) is 0 Å². The minimum Gasteiger partial charge on any atom is -0.387 e. The molecule has 3 nitrogen and oxygen atoms in total. The van der Waals surface area contributed by atoms with Crippen LogP contribution in [0.1, 0.15) is 15.9 Å². The molecule has 4 heteroatoms. The molecule has 0 radical (unpaired) electrons. The van der Waals surface area contributed by atoms with Crippen LogP contribution in [-0.2, 0) is 0 Å². The zero-order valence-electron chi connectivity index (χ0n) is 13.2. The third-order valence-corrected chi connectivity index (χ3v) is 5.20. The Balaban J connectivity index is 1.87. The molecule has 0 saturated heterocycles. The molecule has 4 rings (SSSR count). The Labute approximate surface area is 145 Å². The van der Waals surface area contributed by atoms with Crippen molar-refractivity contribution in [2.45, 2.75) is 9.79 Å². The fourth-order valence-corrected chi connectivity index (χ4v) is 3.89. The Kier molecular flexibility index (Phi) is 3.75. The molecule has 1 aliphatic rings. The van der Waals surface area contributed by atoms with Gasteiger partial charge < -0.3 is 10.6 Å². The molecule has 0 unspecified atom stereocenters. The molecular weight excluding hydrogens is 316 g/mol. The van der Waals surface area contributed by atoms with E-state index in [4.69, 9.17) is 0 Å². The lowest BCUT2D eigenvalue weighted by molar-refractivity contribution is 0.104. The van der Waals surface area contributed by atoms with Crippen molar-refractivity contribution >= 4 is 34.6 Å². The Bertz CT molecular complexity index is 922. The van der Waals surface area contributed by atoms with Crippen LogP contribution in [0.3, 0.4) is 0 Å². The number of hydrogen-bond donors (Lipinski definition) is 2. The second-order valence-electron chi connectivity index (χ2n) is 5.53. The molecule has 2 N–H and O–H groups in total. The fourth-order valence-electron chi connectivity index (χ4n) is 2.88. The van der Waals surface area contributed by atoms with Crippen LogP contribution >= 0.6 is 11.8 Å². The predicted molar refractivity (Wildman–Crippen MR) is 99.7 cm³/mol. The van der Waals surface area contributed by atoms with Crippen molar-refractivity contribution in [3.8, 4) is 0 Å². The van der Waals surface area contributed by atoms with Crippen LogP contribution in [0.15, 0.2) is 76.5 Å². The highest BCUT2D eigenvalue weighted by molar-refractivity contribution is 7.99. The van der Waals surface area contributed by atoms with Crippen molar-refractivity contribution < 1.29 is 4.79 Å². The highest BCUT2D eigenvalue weighted by Crippen LogP contribution is 2.47. The van der Waals surface area contributed by atoms with Crippen molar-refractivity contribution in [2.75, 3.05) is 17.7 Å². The first-order valence-corrected chi connectivity index (χ1v) is 8.58. The maximum Gasteiger partial charge on any atom is 0.197 e. The Morgan fingerprint density at radius 2 is 1.67 bits per heavy atom. The van der Waals surface area contributed by atoms with Crippen molar-refractivity contribution in [3.63, 3.8) is 0 Å². The van der Waals surface area contributed by atoms with E-state index in [9.17, 15) is 4.79 Å². The summed E-state index contributed by atoms with van der Waals surface area (Å²) in [4.78, 5) is 15.3. The first kappa shape index (κ1) is 14.8. The van der Waals surface area contributed by atoms with Crippen LogP contribution in [0.25, 0.3) is 0 Å². The molecule has 0 spiro atoms. The summed E-state index contributed by atoms with van der Waals surface area (Å²) >= 11 is 1.69. The molecular formula is C20H16N2OS. The van der Waals surface area contributed by atoms with Gasteiger partial charge in [-0.1, -0.05) is 54.2 Å². The summed E-state index contributed by atoms with van der Waals surface area (Å²) in [5.74, 6) is 0.0179. The lowest BCUT2D eigenvalue weighted by Crippen LogP contribution is -2.12. The van der Waals surface area contributed by atoms with E-state index < -0.39 is 0 Å². The number of carbonyl (C=O) groups excluding carboxylic acids is 1. The van der Waals surface area contributed by atoms with Gasteiger partial charge in [-0.2, -0.15) is 0 Å². The van der Waals surface area contributed by atoms with Crippen LogP contribution in [0.5, 0.6) is 0 Å². The van der Waals surface area contributed by atoms with E-state index in [0.717, 1.165) is 22.0 Å². The summed E-state index contributed by atoms with van der Waals surface area (Å²) in [7, 11) is 1.84. The molecule has 0 amide bonds. The van der Waals surface area contributed by atoms with Crippen LogP contribution in [0.4, 0.5) is 17.1 Å². The smallest absolute Gasteiger partial charge is 0.197 e. The SMILES string of the molecule is CNc1ccc2c(c1C(=O)c1ccccc1)Nc1ccccc1S2. The normalized spacial score (nSPS) is 11.9. The molecule has 0 fully saturated rings. The molecule has 118 valence electrons. The highest BCUT2D eigenvalue weighted by atomic mass is 32.2. The number of benzene rings is 3. The summed E-state index contributed by atoms with van der Waals surface area (Å²) in [5, 5.41) is 6.60. The van der Waals surface area contributed by atoms with E-state index in [-0.39, 0.29) is 5.78 Å². The zero-order chi connectivity index (χ0) is 16.5. The molecule has 3 aromatic carbocycles. The number of carbonyl (C=O) groups is 1. The minimum atomic E-state index is 0.0179. The van der Waals surface area contributed by atoms with E-state index >= 15 is 0 Å². The Hall–Kier alpha value is -2.72. The number of rotatable bonds is 3. The van der Waals surface area contributed by atoms with Gasteiger partial charge in [-0.3, -0.25) is 4.79 Å². The summed E-state index contributed by atoms with van der Waals surface area (Å²) in [6.07, 6.45) is 0. The molecule has 0 aliphatic carbocycles. The Morgan fingerprint density at radius 3 is 2.46 bits per heavy atom. The van der Waals surface area contributed by atoms with Crippen LogP contribution in [0, 0.1) is 0 Å². The van der Waals surface area contributed by atoms with Gasteiger partial charge in [0.1, 0.15) is 0 Å². The fraction of sp³-hybridized carbons (Fsp3) is 0.0500. The van der Waals surface area contributed by atoms with Gasteiger partial charge >= 0.3 is 0 Å². The largest absolute Gasteiger partial charge is 0.387 e. The van der Waals surface area contributed by atoms with Gasteiger partial charge in [0.05, 0.1) is 16.9 Å². The van der Waals surface area contributed by atoms with Gasteiger partial charge in [-0.15, -0.1) is 0 Å². The number of hydrogen-bond acceptors (Lipinski definition) is 4. The van der Waals surface area contributed by atoms with E-state index in [1.54, 1.807) is 11.8 Å². The number of para-hydroxylation sites is 1. The quantitative estimate of drug-likeness (QED) is 0.508. The van der Waals surface area contributed by atoms with Gasteiger partial charge in [0.2, 0.25) is 0 Å². The number of nitrogens with one attached hydrogen (secondary N) is 2. The zero-order valence-corrected chi connectivity index (χ0v) is 14.0. The first-order valence-electron chi connectivity index (χ1n) is 7.76. The number of fused-ring (bicyclic) bond motifs is 2. The average Bonchev–Trinajstić information content (AvgIpc) is 2.65. The van der Waals surface area contributed by atoms with Gasteiger partial charge in [0, 0.05) is 28.1 Å². The molecule has 0 saturated carbocycles. The second kappa shape index (κ2) is 6.06. The lowest BCUT2D eigenvalue weighted by atomic mass is 9.99. The van der Waals surface area contributed by atoms with E-state index in [2.05, 4.69) is 22.8 Å². The molecule has 0 atom stereocenters. The molecule has 0 bridgehead atoms. The van der Waals surface area contributed by atoms with Crippen molar-refractivity contribution in [2.24, 2.45) is 0 Å². The first-order chi connectivity index (χ1) is 11.8. The molecule has 1 heterocycles. The monoisotopic (exact) mass is 332 g/mol. The molecule has 1 aliphatic heterocycles. The predicted octanol–water partition coefficient (Wildman–Crippen LogP) is 5.17. The van der Waals surface area contributed by atoms with Crippen LogP contribution in [0.2, 0.25) is 0 Å². The highest BCUT2D eigenvalue weighted by Gasteiger charge is 2.24. The van der Waals surface area contributed by atoms with Crippen LogP contribution < -0.4 is 10.6 Å². The van der Waals surface area contributed by atoms with Crippen molar-refractivity contribution in [1.82, 2.24) is 0 Å². The summed E-state index contributed by atoms with van der Waals surface area (Å²) in [6.45, 7) is 0. The van der Waals surface area contributed by atoms with Gasteiger partial charge in [-0.05, 0) is 24.3 Å². The van der Waals surface area contributed by atoms with E-state index in [1.807, 2.05) is 61.6 Å². The lowest BCUT2D eigenvalue weighted by Gasteiger charge is -2.24. The van der Waals surface area contributed by atoms with Gasteiger partial charge in [-0.25, -0.2) is 0 Å². The summed E-state index contributed by atoms with van der Waals surface area (Å²) in [6, 6.07) is 21.6. The summed E-state index contributed by atoms with van der Waals surface area (Å²) < 4.78 is 0. The maximum atomic E-state index is 13.1. The van der Waals surface area contributed by atoms with Crippen molar-refractivity contribution in [1.29, 1.82) is 0 Å². The summed E-state index contributed by atoms with van der Waals surface area (Å²) in [5.41, 5.74) is 4.11. The third kappa shape index (κ3) is 2.45. The maximum absolute atomic E-state index is 13.1.